The fourth-order valence-corrected chi connectivity index (χ4v) is 9.49. The summed E-state index contributed by atoms with van der Waals surface area (Å²) < 4.78 is 58.2. The molecule has 0 aliphatic carbocycles. The van der Waals surface area contributed by atoms with Gasteiger partial charge in [0.1, 0.15) is 0 Å². The molecule has 3 nitrogen and oxygen atoms in total. The zero-order valence-electron chi connectivity index (χ0n) is 50.1. The maximum absolute atomic E-state index is 9.71. The van der Waals surface area contributed by atoms with E-state index in [2.05, 4.69) is 54.6 Å². The molecule has 0 amide bonds. The minimum Gasteiger partial charge on any atom is -0.304 e. The fraction of sp³-hybridized carbons (Fsp3) is 0.219. The Balaban J connectivity index is 0.00000450. The summed E-state index contributed by atoms with van der Waals surface area (Å²) in [6.07, 6.45) is 1.14. The summed E-state index contributed by atoms with van der Waals surface area (Å²) >= 11 is 0. The van der Waals surface area contributed by atoms with Crippen LogP contribution in [0, 0.1) is 36.0 Å². The van der Waals surface area contributed by atoms with E-state index in [0.717, 1.165) is 66.8 Å². The molecule has 0 N–H and O–H groups in total. The van der Waals surface area contributed by atoms with Crippen molar-refractivity contribution in [2.45, 2.75) is 87.4 Å². The summed E-state index contributed by atoms with van der Waals surface area (Å²) in [5.41, 5.74) is 15.5. The molecule has 4 heteroatoms. The molecule has 0 radical (unpaired) electrons. The average Bonchev–Trinajstić information content (AvgIpc) is 3.67. The average molecular weight is 1190 g/mol. The van der Waals surface area contributed by atoms with Crippen LogP contribution in [0.2, 0.25) is 0 Å². The number of pyridine rings is 3. The summed E-state index contributed by atoms with van der Waals surface area (Å²) in [7, 11) is 0. The molecule has 10 aromatic rings. The SMILES string of the molecule is C.[2H]C([2H])(CC(C)C)c1cc(-c2[c-]cccc2)ncc1-c1ccccc1-c1cc(-c2ccccc2-c2cnc(-c3[c-]cccc3)cc2C([2H])([2H])CC(C)C)cc(-c2ccccc2-c2cnc(-c3[c-]cccc3)cc2C([2H])([2H])CC(C)C)c1.[Ir+3]. The third kappa shape index (κ3) is 13.3. The Morgan fingerprint density at radius 1 is 0.351 bits per heavy atom. The van der Waals surface area contributed by atoms with E-state index in [1.165, 1.54) is 0 Å². The summed E-state index contributed by atoms with van der Waals surface area (Å²) in [5.74, 6) is 0.197. The van der Waals surface area contributed by atoms with Gasteiger partial charge >= 0.3 is 20.1 Å². The van der Waals surface area contributed by atoms with E-state index in [0.29, 0.717) is 69.7 Å². The number of hydrogen-bond acceptors (Lipinski definition) is 3. The second-order valence-corrected chi connectivity index (χ2v) is 20.4. The first-order valence-electron chi connectivity index (χ1n) is 29.2. The van der Waals surface area contributed by atoms with Crippen LogP contribution >= 0.6 is 0 Å². The Kier molecular flexibility index (Phi) is 16.3. The third-order valence-electron chi connectivity index (χ3n) is 13.3. The number of nitrogens with zero attached hydrogens (tertiary/aromatic N) is 3. The van der Waals surface area contributed by atoms with Gasteiger partial charge in [0.05, 0.1) is 0 Å². The number of rotatable bonds is 18. The zero-order chi connectivity index (χ0) is 57.1. The summed E-state index contributed by atoms with van der Waals surface area (Å²) in [6, 6.07) is 69.4. The Bertz CT molecular complexity index is 3420. The third-order valence-corrected chi connectivity index (χ3v) is 13.3. The molecule has 7 aromatic carbocycles. The smallest absolute Gasteiger partial charge is 0.304 e. The van der Waals surface area contributed by atoms with E-state index in [1.54, 1.807) is 0 Å². The van der Waals surface area contributed by atoms with Crippen molar-refractivity contribution in [3.8, 4) is 101 Å². The van der Waals surface area contributed by atoms with Gasteiger partial charge in [-0.15, -0.1) is 108 Å². The van der Waals surface area contributed by atoms with E-state index in [1.807, 2.05) is 206 Å². The number of aromatic nitrogens is 3. The van der Waals surface area contributed by atoms with Gasteiger partial charge in [0.2, 0.25) is 0 Å². The van der Waals surface area contributed by atoms with Crippen molar-refractivity contribution in [2.24, 2.45) is 17.8 Å². The van der Waals surface area contributed by atoms with Crippen molar-refractivity contribution >= 4 is 0 Å². The molecule has 0 spiro atoms. The molecule has 0 fully saturated rings. The molecule has 0 saturated heterocycles. The van der Waals surface area contributed by atoms with Gasteiger partial charge < -0.3 is 15.0 Å². The van der Waals surface area contributed by atoms with Gasteiger partial charge in [0.25, 0.3) is 0 Å². The van der Waals surface area contributed by atoms with E-state index in [-0.39, 0.29) is 45.3 Å². The zero-order valence-corrected chi connectivity index (χ0v) is 46.5. The molecule has 10 rings (SSSR count). The maximum Gasteiger partial charge on any atom is 3.00 e. The number of benzene rings is 7. The van der Waals surface area contributed by atoms with Gasteiger partial charge in [-0.2, -0.15) is 0 Å². The predicted octanol–water partition coefficient (Wildman–Crippen LogP) is 19.7. The minimum absolute atomic E-state index is 0. The van der Waals surface area contributed by atoms with Crippen molar-refractivity contribution in [1.29, 1.82) is 0 Å². The molecule has 0 atom stereocenters. The molecule has 0 aliphatic heterocycles. The normalized spacial score (nSPS) is 12.9. The van der Waals surface area contributed by atoms with Crippen molar-refractivity contribution in [2.75, 3.05) is 0 Å². The molecule has 0 bridgehead atoms. The minimum atomic E-state index is -1.73. The second kappa shape index (κ2) is 26.1. The first kappa shape index (κ1) is 48.0. The van der Waals surface area contributed by atoms with E-state index in [9.17, 15) is 8.22 Å². The van der Waals surface area contributed by atoms with Crippen molar-refractivity contribution in [1.82, 2.24) is 15.0 Å². The fourth-order valence-electron chi connectivity index (χ4n) is 9.49. The summed E-state index contributed by atoms with van der Waals surface area (Å²) in [5, 5.41) is 0. The van der Waals surface area contributed by atoms with Gasteiger partial charge in [0, 0.05) is 43.5 Å². The molecule has 0 aliphatic rings. The Morgan fingerprint density at radius 3 is 0.857 bits per heavy atom. The molecule has 0 unspecified atom stereocenters. The van der Waals surface area contributed by atoms with Crippen LogP contribution in [-0.2, 0) is 39.2 Å². The van der Waals surface area contributed by atoms with Crippen molar-refractivity contribution in [3.05, 3.63) is 235 Å². The van der Waals surface area contributed by atoms with Crippen LogP contribution in [0.1, 0.15) is 93.1 Å². The van der Waals surface area contributed by atoms with E-state index >= 15 is 0 Å². The Labute approximate surface area is 481 Å². The molecule has 3 aromatic heterocycles. The standard InChI is InChI=1S/C72H66N3.CH4.Ir/c1-49(2)34-37-55-43-70(52-22-10-7-11-23-52)73-46-67(55)64-31-19-16-28-61(64)58-40-59(62-29-17-20-32-65(62)68-47-74-71(53-24-12-8-13-25-53)44-56(68)38-35-50(3)4)42-60(41-58)63-30-18-21-33-66(63)69-48-75-72(54-26-14-9-15-27-54)45-57(69)39-36-51(5)6;;/h7-22,24,26,28-33,40-51H,34-39H2,1-6H3;1H4;/q-3;;+3/i37D2,38D2,39D2;;. The Hall–Kier alpha value is -7.36. The van der Waals surface area contributed by atoms with Crippen LogP contribution in [0.3, 0.4) is 0 Å². The van der Waals surface area contributed by atoms with Gasteiger partial charge in [-0.1, -0.05) is 140 Å². The van der Waals surface area contributed by atoms with E-state index < -0.39 is 19.1 Å². The van der Waals surface area contributed by atoms with Gasteiger partial charge in [0.15, 0.2) is 0 Å². The summed E-state index contributed by atoms with van der Waals surface area (Å²) in [6.45, 7) is 12.3. The summed E-state index contributed by atoms with van der Waals surface area (Å²) in [4.78, 5) is 15.0. The molecule has 0 saturated carbocycles. The van der Waals surface area contributed by atoms with Gasteiger partial charge in [-0.3, -0.25) is 0 Å². The maximum atomic E-state index is 9.71. The largest absolute Gasteiger partial charge is 3.00 e. The van der Waals surface area contributed by atoms with Crippen LogP contribution in [-0.4, -0.2) is 15.0 Å². The van der Waals surface area contributed by atoms with Crippen molar-refractivity contribution < 1.29 is 28.3 Å². The first-order valence-corrected chi connectivity index (χ1v) is 26.2. The monoisotopic (exact) mass is 1190 g/mol. The second-order valence-electron chi connectivity index (χ2n) is 20.4. The number of aryl methyl sites for hydroxylation is 3. The quantitative estimate of drug-likeness (QED) is 0.0804. The van der Waals surface area contributed by atoms with Gasteiger partial charge in [-0.05, 0) is 158 Å². The van der Waals surface area contributed by atoms with E-state index in [4.69, 9.17) is 15.0 Å². The van der Waals surface area contributed by atoms with Crippen LogP contribution in [0.4, 0.5) is 0 Å². The molecule has 386 valence electrons. The first-order chi connectivity index (χ1) is 38.9. The molecule has 3 heterocycles. The Morgan fingerprint density at radius 2 is 0.610 bits per heavy atom. The number of hydrogen-bond donors (Lipinski definition) is 0. The van der Waals surface area contributed by atoms with Crippen LogP contribution < -0.4 is 0 Å². The topological polar surface area (TPSA) is 38.7 Å². The van der Waals surface area contributed by atoms with Crippen LogP contribution in [0.25, 0.3) is 101 Å². The predicted molar refractivity (Wildman–Crippen MR) is 321 cm³/mol. The van der Waals surface area contributed by atoms with Crippen molar-refractivity contribution in [3.63, 3.8) is 0 Å². The van der Waals surface area contributed by atoms with Crippen LogP contribution in [0.15, 0.2) is 201 Å². The molecule has 77 heavy (non-hydrogen) atoms. The van der Waals surface area contributed by atoms with Crippen LogP contribution in [0.5, 0.6) is 0 Å². The van der Waals surface area contributed by atoms with Gasteiger partial charge in [-0.25, -0.2) is 0 Å². The molecular weight excluding hydrogens is 1110 g/mol. The molecular formula is C73H70IrN3.